The maximum Gasteiger partial charge on any atom is 0.264 e. The Morgan fingerprint density at radius 3 is 2.42 bits per heavy atom. The van der Waals surface area contributed by atoms with Gasteiger partial charge in [0.25, 0.3) is 5.56 Å². The molecule has 24 heavy (non-hydrogen) atoms. The van der Waals surface area contributed by atoms with Gasteiger partial charge < -0.3 is 9.09 Å². The van der Waals surface area contributed by atoms with Crippen LogP contribution in [-0.2, 0) is 7.05 Å². The Balaban J connectivity index is 1.97. The Bertz CT molecular complexity index is 1080. The molecule has 0 aliphatic heterocycles. The maximum atomic E-state index is 12.9. The van der Waals surface area contributed by atoms with Gasteiger partial charge in [-0.15, -0.1) is 0 Å². The van der Waals surface area contributed by atoms with Gasteiger partial charge in [-0.2, -0.15) is 0 Å². The van der Waals surface area contributed by atoms with Gasteiger partial charge in [0.1, 0.15) is 11.1 Å². The van der Waals surface area contributed by atoms with Crippen molar-refractivity contribution in [2.24, 2.45) is 7.05 Å². The van der Waals surface area contributed by atoms with Crippen molar-refractivity contribution in [1.29, 1.82) is 0 Å². The number of hydrogen-bond acceptors (Lipinski definition) is 3. The first-order valence-electron chi connectivity index (χ1n) is 7.46. The number of pyridine rings is 1. The Kier molecular flexibility index (Phi) is 3.47. The third-order valence-electron chi connectivity index (χ3n) is 4.05. The second-order valence-corrected chi connectivity index (χ2v) is 5.97. The van der Waals surface area contributed by atoms with Gasteiger partial charge in [0, 0.05) is 23.7 Å². The molecule has 0 saturated heterocycles. The lowest BCUT2D eigenvalue weighted by atomic mass is 10.1. The second kappa shape index (κ2) is 5.65. The van der Waals surface area contributed by atoms with Crippen molar-refractivity contribution in [3.63, 3.8) is 0 Å². The summed E-state index contributed by atoms with van der Waals surface area (Å²) in [6.07, 6.45) is 0. The van der Waals surface area contributed by atoms with Crippen LogP contribution in [0, 0.1) is 0 Å². The van der Waals surface area contributed by atoms with Crippen LogP contribution >= 0.6 is 11.6 Å². The first kappa shape index (κ1) is 14.7. The van der Waals surface area contributed by atoms with Gasteiger partial charge >= 0.3 is 0 Å². The van der Waals surface area contributed by atoms with Crippen LogP contribution in [-0.4, -0.2) is 9.72 Å². The average Bonchev–Trinajstić information content (AvgIpc) is 3.04. The number of benzene rings is 2. The van der Waals surface area contributed by atoms with Crippen molar-refractivity contribution in [3.8, 4) is 22.5 Å². The second-order valence-electron chi connectivity index (χ2n) is 5.54. The molecule has 2 heterocycles. The van der Waals surface area contributed by atoms with Gasteiger partial charge in [0.05, 0.1) is 5.69 Å². The van der Waals surface area contributed by atoms with Gasteiger partial charge in [-0.1, -0.05) is 59.2 Å². The predicted molar refractivity (Wildman–Crippen MR) is 95.1 cm³/mol. The number of hydrogen-bond donors (Lipinski definition) is 0. The molecule has 0 unspecified atom stereocenters. The summed E-state index contributed by atoms with van der Waals surface area (Å²) in [5.74, 6) is 0. The summed E-state index contributed by atoms with van der Waals surface area (Å²) in [4.78, 5) is 12.9. The van der Waals surface area contributed by atoms with Gasteiger partial charge in [0.15, 0.2) is 5.58 Å². The predicted octanol–water partition coefficient (Wildman–Crippen LogP) is 4.51. The van der Waals surface area contributed by atoms with Gasteiger partial charge in [0.2, 0.25) is 0 Å². The van der Waals surface area contributed by atoms with Crippen LogP contribution in [0.5, 0.6) is 0 Å². The minimum atomic E-state index is -0.141. The first-order valence-corrected chi connectivity index (χ1v) is 7.84. The number of aromatic nitrogens is 2. The lowest BCUT2D eigenvalue weighted by Crippen LogP contribution is -2.18. The van der Waals surface area contributed by atoms with Gasteiger partial charge in [-0.25, -0.2) is 0 Å². The normalized spacial score (nSPS) is 11.1. The molecule has 0 bridgehead atoms. The van der Waals surface area contributed by atoms with Crippen molar-refractivity contribution in [2.75, 3.05) is 0 Å². The zero-order chi connectivity index (χ0) is 16.7. The van der Waals surface area contributed by atoms with Crippen LogP contribution < -0.4 is 5.56 Å². The highest BCUT2D eigenvalue weighted by Gasteiger charge is 2.17. The molecule has 0 spiro atoms. The van der Waals surface area contributed by atoms with E-state index in [9.17, 15) is 4.79 Å². The van der Waals surface area contributed by atoms with Gasteiger partial charge in [-0.05, 0) is 17.7 Å². The van der Waals surface area contributed by atoms with Crippen LogP contribution in [0.2, 0.25) is 5.02 Å². The molecule has 0 aliphatic carbocycles. The summed E-state index contributed by atoms with van der Waals surface area (Å²) in [5, 5.41) is 5.24. The Morgan fingerprint density at radius 1 is 1.00 bits per heavy atom. The van der Waals surface area contributed by atoms with E-state index in [1.165, 1.54) is 0 Å². The van der Waals surface area contributed by atoms with Crippen molar-refractivity contribution >= 4 is 22.6 Å². The topological polar surface area (TPSA) is 48.0 Å². The summed E-state index contributed by atoms with van der Waals surface area (Å²) in [7, 11) is 1.74. The molecular weight excluding hydrogens is 324 g/mol. The average molecular weight is 337 g/mol. The minimum Gasteiger partial charge on any atom is -0.355 e. The lowest BCUT2D eigenvalue weighted by molar-refractivity contribution is 0.459. The highest BCUT2D eigenvalue weighted by Crippen LogP contribution is 2.28. The van der Waals surface area contributed by atoms with E-state index in [0.717, 1.165) is 16.8 Å². The molecule has 4 aromatic rings. The summed E-state index contributed by atoms with van der Waals surface area (Å²) in [6, 6.07) is 18.7. The maximum absolute atomic E-state index is 12.9. The third kappa shape index (κ3) is 2.32. The number of rotatable bonds is 2. The summed E-state index contributed by atoms with van der Waals surface area (Å²) in [5.41, 5.74) is 3.39. The summed E-state index contributed by atoms with van der Waals surface area (Å²) in [6.45, 7) is 0. The van der Waals surface area contributed by atoms with E-state index in [2.05, 4.69) is 5.16 Å². The monoisotopic (exact) mass is 336 g/mol. The van der Waals surface area contributed by atoms with Crippen LogP contribution in [0.3, 0.4) is 0 Å². The molecular formula is C19H13ClN2O2. The van der Waals surface area contributed by atoms with Crippen LogP contribution in [0.15, 0.2) is 70.0 Å². The molecule has 0 atom stereocenters. The van der Waals surface area contributed by atoms with Crippen LogP contribution in [0.1, 0.15) is 0 Å². The van der Waals surface area contributed by atoms with E-state index >= 15 is 0 Å². The Labute approximate surface area is 142 Å². The zero-order valence-electron chi connectivity index (χ0n) is 12.9. The molecule has 0 radical (unpaired) electrons. The molecule has 2 aromatic carbocycles. The number of fused-ring (bicyclic) bond motifs is 1. The molecule has 0 N–H and O–H groups in total. The Morgan fingerprint density at radius 2 is 1.71 bits per heavy atom. The van der Waals surface area contributed by atoms with Gasteiger partial charge in [-0.3, -0.25) is 4.79 Å². The molecule has 0 fully saturated rings. The minimum absolute atomic E-state index is 0.141. The van der Waals surface area contributed by atoms with Crippen molar-refractivity contribution in [3.05, 3.63) is 76.0 Å². The summed E-state index contributed by atoms with van der Waals surface area (Å²) < 4.78 is 7.04. The largest absolute Gasteiger partial charge is 0.355 e. The van der Waals surface area contributed by atoms with Crippen molar-refractivity contribution < 1.29 is 4.52 Å². The fraction of sp³-hybridized carbons (Fsp3) is 0.0526. The lowest BCUT2D eigenvalue weighted by Gasteiger charge is -2.08. The van der Waals surface area contributed by atoms with E-state index in [4.69, 9.17) is 16.1 Å². The fourth-order valence-electron chi connectivity index (χ4n) is 2.80. The Hall–Kier alpha value is -2.85. The quantitative estimate of drug-likeness (QED) is 0.541. The van der Waals surface area contributed by atoms with E-state index in [1.807, 2.05) is 48.5 Å². The molecule has 4 rings (SSSR count). The number of halogens is 1. The first-order chi connectivity index (χ1) is 11.6. The molecule has 0 amide bonds. The van der Waals surface area contributed by atoms with Crippen molar-refractivity contribution in [2.45, 2.75) is 0 Å². The molecule has 0 saturated carbocycles. The van der Waals surface area contributed by atoms with Crippen molar-refractivity contribution in [1.82, 2.24) is 9.72 Å². The van der Waals surface area contributed by atoms with E-state index < -0.39 is 0 Å². The summed E-state index contributed by atoms with van der Waals surface area (Å²) >= 11 is 5.94. The standard InChI is InChI=1S/C19H13ClN2O2/c1-22-15(12-7-9-14(20)10-8-12)11-16-17(19(22)23)18(21-24-16)13-5-3-2-4-6-13/h2-11H,1H3. The molecule has 2 aromatic heterocycles. The molecule has 5 heteroatoms. The SMILES string of the molecule is Cn1c(-c2ccc(Cl)cc2)cc2onc(-c3ccccc3)c2c1=O. The third-order valence-corrected chi connectivity index (χ3v) is 4.31. The zero-order valence-corrected chi connectivity index (χ0v) is 13.6. The molecule has 118 valence electrons. The molecule has 0 aliphatic rings. The smallest absolute Gasteiger partial charge is 0.264 e. The highest BCUT2D eigenvalue weighted by molar-refractivity contribution is 6.30. The van der Waals surface area contributed by atoms with E-state index in [-0.39, 0.29) is 5.56 Å². The fourth-order valence-corrected chi connectivity index (χ4v) is 2.92. The molecule has 4 nitrogen and oxygen atoms in total. The van der Waals surface area contributed by atoms with E-state index in [1.54, 1.807) is 23.7 Å². The van der Waals surface area contributed by atoms with E-state index in [0.29, 0.717) is 21.7 Å². The van der Waals surface area contributed by atoms with Crippen LogP contribution in [0.4, 0.5) is 0 Å². The highest BCUT2D eigenvalue weighted by atomic mass is 35.5. The van der Waals surface area contributed by atoms with Crippen LogP contribution in [0.25, 0.3) is 33.5 Å². The number of nitrogens with zero attached hydrogens (tertiary/aromatic N) is 2.